The second-order valence-electron chi connectivity index (χ2n) is 4.54. The van der Waals surface area contributed by atoms with Crippen LogP contribution in [0.2, 0.25) is 0 Å². The van der Waals surface area contributed by atoms with Crippen molar-refractivity contribution in [1.29, 1.82) is 0 Å². The van der Waals surface area contributed by atoms with Crippen LogP contribution in [0.25, 0.3) is 0 Å². The Labute approximate surface area is 113 Å². The fourth-order valence-corrected chi connectivity index (χ4v) is 2.30. The van der Waals surface area contributed by atoms with Crippen LogP contribution in [0, 0.1) is 12.3 Å². The highest BCUT2D eigenvalue weighted by Gasteiger charge is 2.47. The van der Waals surface area contributed by atoms with Crippen LogP contribution < -0.4 is 10.6 Å². The van der Waals surface area contributed by atoms with Gasteiger partial charge in [0.1, 0.15) is 11.2 Å². The van der Waals surface area contributed by atoms with Gasteiger partial charge in [0.05, 0.1) is 19.3 Å². The van der Waals surface area contributed by atoms with E-state index in [4.69, 9.17) is 4.74 Å². The molecule has 3 N–H and O–H groups in total. The van der Waals surface area contributed by atoms with E-state index in [9.17, 15) is 14.7 Å². The molecule has 0 spiro atoms. The summed E-state index contributed by atoms with van der Waals surface area (Å²) in [5.74, 6) is -0.429. The molecule has 2 heterocycles. The number of carboxylic acids is 1. The average molecular weight is 286 g/mol. The fourth-order valence-electron chi connectivity index (χ4n) is 1.72. The van der Waals surface area contributed by atoms with Crippen LogP contribution in [-0.4, -0.2) is 45.7 Å². The van der Waals surface area contributed by atoms with Gasteiger partial charge in [-0.05, 0) is 13.8 Å². The molecule has 0 aliphatic carbocycles. The minimum atomic E-state index is -1.12. The largest absolute Gasteiger partial charge is 0.481 e. The van der Waals surface area contributed by atoms with Gasteiger partial charge < -0.3 is 15.2 Å². The summed E-state index contributed by atoms with van der Waals surface area (Å²) in [6.07, 6.45) is 0. The van der Waals surface area contributed by atoms with Crippen molar-refractivity contribution in [3.63, 3.8) is 0 Å². The molecular formula is C10H14N4O4S. The van der Waals surface area contributed by atoms with E-state index in [-0.39, 0.29) is 13.2 Å². The summed E-state index contributed by atoms with van der Waals surface area (Å²) < 4.78 is 9.07. The standard InChI is InChI=1S/C10H14N4O4S/c1-5-11-9(19-14-5)13-8(17)12-6-3-18-4-10(6,2)7(15)16/h6H,3-4H2,1-2H3,(H,15,16)(H2,11,12,13,14,17). The zero-order chi connectivity index (χ0) is 14.0. The van der Waals surface area contributed by atoms with Crippen LogP contribution in [0.15, 0.2) is 0 Å². The van der Waals surface area contributed by atoms with Crippen molar-refractivity contribution in [2.45, 2.75) is 19.9 Å². The molecule has 1 aromatic rings. The predicted octanol–water partition coefficient (Wildman–Crippen LogP) is 0.458. The molecule has 0 aromatic carbocycles. The summed E-state index contributed by atoms with van der Waals surface area (Å²) >= 11 is 1.06. The lowest BCUT2D eigenvalue weighted by atomic mass is 9.85. The van der Waals surface area contributed by atoms with Crippen molar-refractivity contribution in [1.82, 2.24) is 14.7 Å². The third kappa shape index (κ3) is 2.82. The number of amides is 2. The highest BCUT2D eigenvalue weighted by Crippen LogP contribution is 2.28. The van der Waals surface area contributed by atoms with Gasteiger partial charge in [0.25, 0.3) is 0 Å². The molecule has 0 saturated carbocycles. The van der Waals surface area contributed by atoms with Crippen molar-refractivity contribution >= 4 is 28.7 Å². The van der Waals surface area contributed by atoms with Crippen LogP contribution in [-0.2, 0) is 9.53 Å². The molecule has 9 heteroatoms. The van der Waals surface area contributed by atoms with Crippen LogP contribution >= 0.6 is 11.5 Å². The highest BCUT2D eigenvalue weighted by molar-refractivity contribution is 7.09. The predicted molar refractivity (Wildman–Crippen MR) is 67.2 cm³/mol. The molecule has 8 nitrogen and oxygen atoms in total. The first kappa shape index (κ1) is 13.7. The molecule has 0 bridgehead atoms. The van der Waals surface area contributed by atoms with E-state index in [1.165, 1.54) is 0 Å². The molecule has 1 aromatic heterocycles. The maximum absolute atomic E-state index is 11.8. The fraction of sp³-hybridized carbons (Fsp3) is 0.600. The van der Waals surface area contributed by atoms with Crippen molar-refractivity contribution < 1.29 is 19.4 Å². The molecule has 2 unspecified atom stereocenters. The third-order valence-corrected chi connectivity index (χ3v) is 3.72. The smallest absolute Gasteiger partial charge is 0.321 e. The van der Waals surface area contributed by atoms with E-state index in [1.807, 2.05) is 0 Å². The summed E-state index contributed by atoms with van der Waals surface area (Å²) in [4.78, 5) is 26.9. The Balaban J connectivity index is 1.97. The zero-order valence-electron chi connectivity index (χ0n) is 10.5. The molecule has 1 saturated heterocycles. The molecule has 1 fully saturated rings. The number of aryl methyl sites for hydroxylation is 1. The SMILES string of the molecule is Cc1nsc(NC(=O)NC2COCC2(C)C(=O)O)n1. The maximum atomic E-state index is 11.8. The summed E-state index contributed by atoms with van der Waals surface area (Å²) in [5, 5.41) is 14.6. The first-order valence-electron chi connectivity index (χ1n) is 5.61. The number of anilines is 1. The Hall–Kier alpha value is -1.74. The Bertz CT molecular complexity index is 505. The third-order valence-electron chi connectivity index (χ3n) is 3.00. The van der Waals surface area contributed by atoms with Crippen molar-refractivity contribution in [2.24, 2.45) is 5.41 Å². The number of carbonyl (C=O) groups is 2. The van der Waals surface area contributed by atoms with Crippen LogP contribution in [0.3, 0.4) is 0 Å². The van der Waals surface area contributed by atoms with Gasteiger partial charge in [0.15, 0.2) is 0 Å². The van der Waals surface area contributed by atoms with Gasteiger partial charge in [0, 0.05) is 11.5 Å². The Morgan fingerprint density at radius 2 is 2.32 bits per heavy atom. The molecule has 19 heavy (non-hydrogen) atoms. The summed E-state index contributed by atoms with van der Waals surface area (Å²) in [7, 11) is 0. The maximum Gasteiger partial charge on any atom is 0.321 e. The van der Waals surface area contributed by atoms with Gasteiger partial charge >= 0.3 is 12.0 Å². The highest BCUT2D eigenvalue weighted by atomic mass is 32.1. The average Bonchev–Trinajstić information content (AvgIpc) is 2.87. The van der Waals surface area contributed by atoms with Gasteiger partial charge in [-0.25, -0.2) is 9.78 Å². The Morgan fingerprint density at radius 3 is 2.89 bits per heavy atom. The minimum absolute atomic E-state index is 0.0746. The molecule has 1 aliphatic heterocycles. The lowest BCUT2D eigenvalue weighted by Gasteiger charge is -2.25. The number of ether oxygens (including phenoxy) is 1. The van der Waals surface area contributed by atoms with Crippen LogP contribution in [0.5, 0.6) is 0 Å². The van der Waals surface area contributed by atoms with Crippen molar-refractivity contribution in [2.75, 3.05) is 18.5 Å². The van der Waals surface area contributed by atoms with Crippen molar-refractivity contribution in [3.8, 4) is 0 Å². The second kappa shape index (κ2) is 5.10. The van der Waals surface area contributed by atoms with Crippen LogP contribution in [0.1, 0.15) is 12.7 Å². The lowest BCUT2D eigenvalue weighted by Crippen LogP contribution is -2.50. The molecule has 2 amide bonds. The number of rotatable bonds is 3. The topological polar surface area (TPSA) is 113 Å². The molecule has 2 atom stereocenters. The number of hydrogen-bond acceptors (Lipinski definition) is 6. The van der Waals surface area contributed by atoms with Crippen LogP contribution in [0.4, 0.5) is 9.93 Å². The summed E-state index contributed by atoms with van der Waals surface area (Å²) in [6, 6.07) is -1.10. The van der Waals surface area contributed by atoms with E-state index >= 15 is 0 Å². The normalized spacial score (nSPS) is 26.1. The summed E-state index contributed by atoms with van der Waals surface area (Å²) in [6.45, 7) is 3.50. The van der Waals surface area contributed by atoms with Gasteiger partial charge in [-0.3, -0.25) is 10.1 Å². The number of aromatic nitrogens is 2. The first-order chi connectivity index (χ1) is 8.91. The van der Waals surface area contributed by atoms with E-state index in [1.54, 1.807) is 13.8 Å². The molecule has 2 rings (SSSR count). The van der Waals surface area contributed by atoms with E-state index < -0.39 is 23.5 Å². The van der Waals surface area contributed by atoms with Crippen molar-refractivity contribution in [3.05, 3.63) is 5.82 Å². The molecule has 104 valence electrons. The second-order valence-corrected chi connectivity index (χ2v) is 5.29. The van der Waals surface area contributed by atoms with Gasteiger partial charge in [-0.15, -0.1) is 0 Å². The number of urea groups is 1. The number of hydrogen-bond donors (Lipinski definition) is 3. The van der Waals surface area contributed by atoms with Gasteiger partial charge in [-0.2, -0.15) is 4.37 Å². The minimum Gasteiger partial charge on any atom is -0.481 e. The summed E-state index contributed by atoms with van der Waals surface area (Å²) in [5.41, 5.74) is -1.12. The quantitative estimate of drug-likeness (QED) is 0.743. The van der Waals surface area contributed by atoms with E-state index in [0.717, 1.165) is 11.5 Å². The molecule has 0 radical (unpaired) electrons. The number of aliphatic carboxylic acids is 1. The van der Waals surface area contributed by atoms with Gasteiger partial charge in [-0.1, -0.05) is 0 Å². The number of carbonyl (C=O) groups excluding carboxylic acids is 1. The Morgan fingerprint density at radius 1 is 1.58 bits per heavy atom. The Kier molecular flexibility index (Phi) is 3.67. The number of nitrogens with zero attached hydrogens (tertiary/aromatic N) is 2. The number of nitrogens with one attached hydrogen (secondary N) is 2. The monoisotopic (exact) mass is 286 g/mol. The van der Waals surface area contributed by atoms with E-state index in [2.05, 4.69) is 20.0 Å². The lowest BCUT2D eigenvalue weighted by molar-refractivity contribution is -0.148. The van der Waals surface area contributed by atoms with E-state index in [0.29, 0.717) is 11.0 Å². The number of carboxylic acid groups (broad SMARTS) is 1. The zero-order valence-corrected chi connectivity index (χ0v) is 11.3. The van der Waals surface area contributed by atoms with Gasteiger partial charge in [0.2, 0.25) is 5.13 Å². The molecule has 1 aliphatic rings. The first-order valence-corrected chi connectivity index (χ1v) is 6.38. The molecular weight excluding hydrogens is 272 g/mol.